The summed E-state index contributed by atoms with van der Waals surface area (Å²) in [5.74, 6) is 0.949. The summed E-state index contributed by atoms with van der Waals surface area (Å²) in [6, 6.07) is 16.3. The Hall–Kier alpha value is -1.99. The second-order valence-corrected chi connectivity index (χ2v) is 5.39. The molecular weight excluding hydrogens is 268 g/mol. The van der Waals surface area contributed by atoms with E-state index in [0.717, 1.165) is 21.9 Å². The van der Waals surface area contributed by atoms with Crippen molar-refractivity contribution in [2.24, 2.45) is 0 Å². The smallest absolute Gasteiger partial charge is 0.137 e. The number of halogens is 1. The molecule has 0 radical (unpaired) electrons. The number of furan rings is 1. The van der Waals surface area contributed by atoms with E-state index in [1.165, 1.54) is 16.7 Å². The van der Waals surface area contributed by atoms with Crippen LogP contribution in [0.25, 0.3) is 22.5 Å². The summed E-state index contributed by atoms with van der Waals surface area (Å²) in [5.41, 5.74) is 5.82. The third kappa shape index (κ3) is 2.37. The normalized spacial score (nSPS) is 10.8. The van der Waals surface area contributed by atoms with E-state index >= 15 is 0 Å². The zero-order chi connectivity index (χ0) is 14.1. The van der Waals surface area contributed by atoms with Gasteiger partial charge in [0.2, 0.25) is 0 Å². The second-order valence-electron chi connectivity index (χ2n) is 4.96. The topological polar surface area (TPSA) is 13.1 Å². The molecule has 0 bridgehead atoms. The molecule has 0 unspecified atom stereocenters. The quantitative estimate of drug-likeness (QED) is 0.572. The van der Waals surface area contributed by atoms with Crippen molar-refractivity contribution < 1.29 is 4.42 Å². The Morgan fingerprint density at radius 2 is 1.25 bits per heavy atom. The summed E-state index contributed by atoms with van der Waals surface area (Å²) in [4.78, 5) is 0. The van der Waals surface area contributed by atoms with Crippen molar-refractivity contribution in [2.45, 2.75) is 13.8 Å². The maximum atomic E-state index is 5.91. The lowest BCUT2D eigenvalue weighted by Gasteiger charge is -2.04. The SMILES string of the molecule is Cc1coc(-c2ccc(-c3ccc(Cl)cc3)cc2)c1C. The molecule has 2 aromatic carbocycles. The molecule has 3 aromatic rings. The van der Waals surface area contributed by atoms with Crippen LogP contribution in [-0.2, 0) is 0 Å². The third-order valence-corrected chi connectivity index (χ3v) is 3.86. The van der Waals surface area contributed by atoms with Gasteiger partial charge in [0.05, 0.1) is 6.26 Å². The van der Waals surface area contributed by atoms with Crippen molar-refractivity contribution in [2.75, 3.05) is 0 Å². The number of rotatable bonds is 2. The summed E-state index contributed by atoms with van der Waals surface area (Å²) in [6.07, 6.45) is 1.80. The van der Waals surface area contributed by atoms with Gasteiger partial charge >= 0.3 is 0 Å². The lowest BCUT2D eigenvalue weighted by atomic mass is 10.0. The van der Waals surface area contributed by atoms with Crippen LogP contribution >= 0.6 is 11.6 Å². The summed E-state index contributed by atoms with van der Waals surface area (Å²) >= 11 is 5.91. The van der Waals surface area contributed by atoms with Gasteiger partial charge in [0.25, 0.3) is 0 Å². The standard InChI is InChI=1S/C18H15ClO/c1-12-11-20-18(13(12)2)16-5-3-14(4-6-16)15-7-9-17(19)10-8-15/h3-11H,1-2H3. The molecular formula is C18H15ClO. The van der Waals surface area contributed by atoms with Gasteiger partial charge in [0, 0.05) is 10.6 Å². The lowest BCUT2D eigenvalue weighted by Crippen LogP contribution is -1.81. The first kappa shape index (κ1) is 13.0. The number of aryl methyl sites for hydroxylation is 1. The number of hydrogen-bond donors (Lipinski definition) is 0. The van der Waals surface area contributed by atoms with Gasteiger partial charge in [0.15, 0.2) is 0 Å². The Labute approximate surface area is 123 Å². The van der Waals surface area contributed by atoms with Crippen LogP contribution < -0.4 is 0 Å². The molecule has 0 N–H and O–H groups in total. The van der Waals surface area contributed by atoms with Gasteiger partial charge in [-0.15, -0.1) is 0 Å². The van der Waals surface area contributed by atoms with Crippen LogP contribution in [0.3, 0.4) is 0 Å². The van der Waals surface area contributed by atoms with E-state index < -0.39 is 0 Å². The van der Waals surface area contributed by atoms with Crippen LogP contribution in [0.15, 0.2) is 59.2 Å². The molecule has 2 heteroatoms. The molecule has 100 valence electrons. The van der Waals surface area contributed by atoms with Gasteiger partial charge in [-0.3, -0.25) is 0 Å². The van der Waals surface area contributed by atoms with Gasteiger partial charge < -0.3 is 4.42 Å². The molecule has 0 fully saturated rings. The molecule has 0 saturated carbocycles. The maximum absolute atomic E-state index is 5.91. The summed E-state index contributed by atoms with van der Waals surface area (Å²) < 4.78 is 5.62. The summed E-state index contributed by atoms with van der Waals surface area (Å²) in [5, 5.41) is 0.757. The largest absolute Gasteiger partial charge is 0.464 e. The van der Waals surface area contributed by atoms with E-state index in [0.29, 0.717) is 0 Å². The second kappa shape index (κ2) is 5.18. The van der Waals surface area contributed by atoms with Crippen molar-refractivity contribution in [3.05, 3.63) is 70.9 Å². The molecule has 0 aliphatic carbocycles. The van der Waals surface area contributed by atoms with Crippen LogP contribution in [-0.4, -0.2) is 0 Å². The van der Waals surface area contributed by atoms with Crippen LogP contribution in [0.5, 0.6) is 0 Å². The van der Waals surface area contributed by atoms with Crippen molar-refractivity contribution in [3.63, 3.8) is 0 Å². The van der Waals surface area contributed by atoms with Crippen LogP contribution in [0.4, 0.5) is 0 Å². The summed E-state index contributed by atoms with van der Waals surface area (Å²) in [6.45, 7) is 4.14. The molecule has 0 amide bonds. The predicted molar refractivity (Wildman–Crippen MR) is 84.1 cm³/mol. The maximum Gasteiger partial charge on any atom is 0.137 e. The summed E-state index contributed by atoms with van der Waals surface area (Å²) in [7, 11) is 0. The minimum atomic E-state index is 0.757. The van der Waals surface area contributed by atoms with Gasteiger partial charge in [-0.05, 0) is 48.2 Å². The zero-order valence-corrected chi connectivity index (χ0v) is 12.2. The van der Waals surface area contributed by atoms with Crippen molar-refractivity contribution in [1.82, 2.24) is 0 Å². The van der Waals surface area contributed by atoms with Gasteiger partial charge in [-0.1, -0.05) is 48.0 Å². The van der Waals surface area contributed by atoms with Crippen molar-refractivity contribution >= 4 is 11.6 Å². The molecule has 1 aromatic heterocycles. The van der Waals surface area contributed by atoms with Crippen molar-refractivity contribution in [1.29, 1.82) is 0 Å². The van der Waals surface area contributed by atoms with E-state index in [9.17, 15) is 0 Å². The minimum Gasteiger partial charge on any atom is -0.464 e. The molecule has 0 atom stereocenters. The highest BCUT2D eigenvalue weighted by molar-refractivity contribution is 6.30. The fourth-order valence-corrected chi connectivity index (χ4v) is 2.37. The monoisotopic (exact) mass is 282 g/mol. The molecule has 0 saturated heterocycles. The van der Waals surface area contributed by atoms with Crippen LogP contribution in [0.1, 0.15) is 11.1 Å². The first-order valence-corrected chi connectivity index (χ1v) is 6.94. The molecule has 0 aliphatic rings. The van der Waals surface area contributed by atoms with Gasteiger partial charge in [0.1, 0.15) is 5.76 Å². The Kier molecular flexibility index (Phi) is 3.37. The predicted octanol–water partition coefficient (Wildman–Crippen LogP) is 5.88. The van der Waals surface area contributed by atoms with E-state index in [4.69, 9.17) is 16.0 Å². The van der Waals surface area contributed by atoms with Crippen LogP contribution in [0.2, 0.25) is 5.02 Å². The first-order valence-electron chi connectivity index (χ1n) is 6.56. The number of hydrogen-bond acceptors (Lipinski definition) is 1. The molecule has 0 spiro atoms. The third-order valence-electron chi connectivity index (χ3n) is 3.61. The highest BCUT2D eigenvalue weighted by Gasteiger charge is 2.08. The molecule has 3 rings (SSSR count). The lowest BCUT2D eigenvalue weighted by molar-refractivity contribution is 0.579. The Morgan fingerprint density at radius 3 is 1.75 bits per heavy atom. The molecule has 20 heavy (non-hydrogen) atoms. The van der Waals surface area contributed by atoms with Gasteiger partial charge in [-0.2, -0.15) is 0 Å². The van der Waals surface area contributed by atoms with Crippen molar-refractivity contribution in [3.8, 4) is 22.5 Å². The average Bonchev–Trinajstić information content (AvgIpc) is 2.80. The zero-order valence-electron chi connectivity index (χ0n) is 11.5. The average molecular weight is 283 g/mol. The van der Waals surface area contributed by atoms with E-state index in [1.807, 2.05) is 24.3 Å². The molecule has 1 nitrogen and oxygen atoms in total. The fourth-order valence-electron chi connectivity index (χ4n) is 2.24. The highest BCUT2D eigenvalue weighted by atomic mass is 35.5. The van der Waals surface area contributed by atoms with E-state index in [1.54, 1.807) is 6.26 Å². The Balaban J connectivity index is 1.95. The van der Waals surface area contributed by atoms with E-state index in [-0.39, 0.29) is 0 Å². The highest BCUT2D eigenvalue weighted by Crippen LogP contribution is 2.29. The molecule has 0 aliphatic heterocycles. The Morgan fingerprint density at radius 1 is 0.750 bits per heavy atom. The minimum absolute atomic E-state index is 0.757. The number of benzene rings is 2. The fraction of sp³-hybridized carbons (Fsp3) is 0.111. The van der Waals surface area contributed by atoms with Crippen LogP contribution in [0, 0.1) is 13.8 Å². The first-order chi connectivity index (χ1) is 9.65. The molecule has 1 heterocycles. The Bertz CT molecular complexity index is 721. The van der Waals surface area contributed by atoms with E-state index in [2.05, 4.69) is 38.1 Å². The van der Waals surface area contributed by atoms with Gasteiger partial charge in [-0.25, -0.2) is 0 Å².